The van der Waals surface area contributed by atoms with Crippen molar-refractivity contribution in [2.24, 2.45) is 5.73 Å². The number of nitrogens with two attached hydrogens (primary N) is 1. The molecule has 3 N–H and O–H groups in total. The largest absolute Gasteiger partial charge is 0.435 e. The first-order valence-electron chi connectivity index (χ1n) is 4.62. The van der Waals surface area contributed by atoms with E-state index in [4.69, 9.17) is 10.8 Å². The maximum absolute atomic E-state index is 12.1. The maximum atomic E-state index is 12.1. The number of aliphatic hydroxyl groups is 1. The highest BCUT2D eigenvalue weighted by atomic mass is 79.9. The minimum atomic E-state index is -2.87. The first-order chi connectivity index (χ1) is 7.52. The lowest BCUT2D eigenvalue weighted by Crippen LogP contribution is -2.27. The van der Waals surface area contributed by atoms with Crippen molar-refractivity contribution in [2.75, 3.05) is 6.61 Å². The summed E-state index contributed by atoms with van der Waals surface area (Å²) >= 11 is 3.23. The fourth-order valence-electron chi connectivity index (χ4n) is 1.27. The van der Waals surface area contributed by atoms with Crippen LogP contribution in [-0.2, 0) is 6.42 Å². The third kappa shape index (κ3) is 5.63. The molecule has 0 radical (unpaired) electrons. The Bertz CT molecular complexity index is 355. The van der Waals surface area contributed by atoms with Crippen LogP contribution in [0.1, 0.15) is 5.56 Å². The molecule has 0 saturated heterocycles. The van der Waals surface area contributed by atoms with Gasteiger partial charge in [-0.15, -0.1) is 12.4 Å². The first-order valence-corrected chi connectivity index (χ1v) is 5.42. The number of hydrogen-bond donors (Lipinski definition) is 2. The number of ether oxygens (including phenoxy) is 1. The van der Waals surface area contributed by atoms with Gasteiger partial charge in [-0.2, -0.15) is 8.78 Å². The van der Waals surface area contributed by atoms with E-state index in [1.54, 1.807) is 12.1 Å². The summed E-state index contributed by atoms with van der Waals surface area (Å²) in [4.78, 5) is 0. The monoisotopic (exact) mass is 331 g/mol. The van der Waals surface area contributed by atoms with Gasteiger partial charge in [0.15, 0.2) is 0 Å². The molecule has 3 nitrogen and oxygen atoms in total. The van der Waals surface area contributed by atoms with Gasteiger partial charge in [-0.05, 0) is 30.2 Å². The lowest BCUT2D eigenvalue weighted by Gasteiger charge is -2.13. The molecule has 1 aromatic rings. The van der Waals surface area contributed by atoms with Crippen molar-refractivity contribution in [1.82, 2.24) is 0 Å². The third-order valence-electron chi connectivity index (χ3n) is 1.96. The van der Waals surface area contributed by atoms with Gasteiger partial charge in [0.1, 0.15) is 5.75 Å². The Balaban J connectivity index is 0.00000256. The average Bonchev–Trinajstić information content (AvgIpc) is 2.21. The maximum Gasteiger partial charge on any atom is 0.387 e. The topological polar surface area (TPSA) is 55.5 Å². The normalized spacial score (nSPS) is 12.1. The summed E-state index contributed by atoms with van der Waals surface area (Å²) in [5.41, 5.74) is 6.08. The Morgan fingerprint density at radius 2 is 2.06 bits per heavy atom. The van der Waals surface area contributed by atoms with Crippen LogP contribution < -0.4 is 10.5 Å². The van der Waals surface area contributed by atoms with Gasteiger partial charge in [0.05, 0.1) is 6.61 Å². The summed E-state index contributed by atoms with van der Waals surface area (Å²) in [6, 6.07) is 4.20. The molecule has 0 fully saturated rings. The predicted octanol–water partition coefficient (Wildman–Crippen LogP) is 2.33. The van der Waals surface area contributed by atoms with Crippen molar-refractivity contribution in [2.45, 2.75) is 19.1 Å². The van der Waals surface area contributed by atoms with Gasteiger partial charge < -0.3 is 15.6 Å². The third-order valence-corrected chi connectivity index (χ3v) is 2.45. The van der Waals surface area contributed by atoms with E-state index in [0.717, 1.165) is 4.47 Å². The van der Waals surface area contributed by atoms with Crippen LogP contribution in [0.3, 0.4) is 0 Å². The van der Waals surface area contributed by atoms with Gasteiger partial charge in [-0.3, -0.25) is 0 Å². The van der Waals surface area contributed by atoms with Crippen molar-refractivity contribution >= 4 is 28.3 Å². The van der Waals surface area contributed by atoms with Crippen LogP contribution in [0.15, 0.2) is 22.7 Å². The van der Waals surface area contributed by atoms with Gasteiger partial charge in [0, 0.05) is 10.5 Å². The molecule has 98 valence electrons. The minimum Gasteiger partial charge on any atom is -0.435 e. The zero-order valence-electron chi connectivity index (χ0n) is 8.78. The van der Waals surface area contributed by atoms with E-state index in [2.05, 4.69) is 20.7 Å². The highest BCUT2D eigenvalue weighted by Gasteiger charge is 2.12. The Morgan fingerprint density at radius 1 is 1.41 bits per heavy atom. The van der Waals surface area contributed by atoms with E-state index in [9.17, 15) is 8.78 Å². The van der Waals surface area contributed by atoms with Crippen molar-refractivity contribution in [3.05, 3.63) is 28.2 Å². The molecule has 7 heteroatoms. The lowest BCUT2D eigenvalue weighted by molar-refractivity contribution is -0.0505. The minimum absolute atomic E-state index is 0. The van der Waals surface area contributed by atoms with E-state index >= 15 is 0 Å². The molecule has 0 heterocycles. The smallest absolute Gasteiger partial charge is 0.387 e. The van der Waals surface area contributed by atoms with Crippen LogP contribution in [-0.4, -0.2) is 24.4 Å². The van der Waals surface area contributed by atoms with Gasteiger partial charge in [0.25, 0.3) is 0 Å². The van der Waals surface area contributed by atoms with Crippen LogP contribution in [0.25, 0.3) is 0 Å². The molecular formula is C10H13BrClF2NO2. The molecular weight excluding hydrogens is 319 g/mol. The Labute approximate surface area is 112 Å². The van der Waals surface area contributed by atoms with Gasteiger partial charge in [0.2, 0.25) is 0 Å². The zero-order chi connectivity index (χ0) is 12.1. The van der Waals surface area contributed by atoms with Crippen LogP contribution >= 0.6 is 28.3 Å². The second-order valence-electron chi connectivity index (χ2n) is 3.28. The lowest BCUT2D eigenvalue weighted by atomic mass is 10.1. The molecule has 0 aliphatic carbocycles. The fourth-order valence-corrected chi connectivity index (χ4v) is 1.67. The van der Waals surface area contributed by atoms with Gasteiger partial charge >= 0.3 is 6.61 Å². The fraction of sp³-hybridized carbons (Fsp3) is 0.400. The Kier molecular flexibility index (Phi) is 7.61. The van der Waals surface area contributed by atoms with Gasteiger partial charge in [-0.25, -0.2) is 0 Å². The molecule has 0 aliphatic heterocycles. The number of benzene rings is 1. The average molecular weight is 333 g/mol. The molecule has 17 heavy (non-hydrogen) atoms. The van der Waals surface area contributed by atoms with Crippen LogP contribution in [0.4, 0.5) is 8.78 Å². The van der Waals surface area contributed by atoms with Crippen LogP contribution in [0, 0.1) is 0 Å². The molecule has 0 amide bonds. The number of halogens is 4. The molecule has 0 spiro atoms. The summed E-state index contributed by atoms with van der Waals surface area (Å²) in [5, 5.41) is 8.81. The highest BCUT2D eigenvalue weighted by molar-refractivity contribution is 9.10. The molecule has 0 aliphatic rings. The zero-order valence-corrected chi connectivity index (χ0v) is 11.2. The summed E-state index contributed by atoms with van der Waals surface area (Å²) in [6.07, 6.45) is 0.276. The van der Waals surface area contributed by atoms with E-state index < -0.39 is 12.7 Å². The molecule has 1 rings (SSSR count). The Hall–Kier alpha value is -0.430. The molecule has 0 bridgehead atoms. The Morgan fingerprint density at radius 3 is 2.59 bits per heavy atom. The predicted molar refractivity (Wildman–Crippen MR) is 66.8 cm³/mol. The van der Waals surface area contributed by atoms with Crippen molar-refractivity contribution in [1.29, 1.82) is 0 Å². The molecule has 0 saturated carbocycles. The molecule has 1 atom stereocenters. The van der Waals surface area contributed by atoms with Crippen LogP contribution in [0.5, 0.6) is 5.75 Å². The molecule has 0 aromatic heterocycles. The number of rotatable bonds is 5. The van der Waals surface area contributed by atoms with Gasteiger partial charge in [-0.1, -0.05) is 15.9 Å². The second-order valence-corrected chi connectivity index (χ2v) is 4.19. The summed E-state index contributed by atoms with van der Waals surface area (Å²) in [5.74, 6) is 0.0853. The van der Waals surface area contributed by atoms with E-state index in [0.29, 0.717) is 5.56 Å². The second kappa shape index (κ2) is 7.81. The number of aliphatic hydroxyl groups excluding tert-OH is 1. The van der Waals surface area contributed by atoms with E-state index in [1.807, 2.05) is 0 Å². The first kappa shape index (κ1) is 16.6. The summed E-state index contributed by atoms with van der Waals surface area (Å²) in [7, 11) is 0. The van der Waals surface area contributed by atoms with Crippen molar-refractivity contribution < 1.29 is 18.6 Å². The summed E-state index contributed by atoms with van der Waals surface area (Å²) < 4.78 is 29.3. The van der Waals surface area contributed by atoms with E-state index in [-0.39, 0.29) is 31.2 Å². The SMILES string of the molecule is Cl.NC(CO)Cc1cc(Br)ccc1OC(F)F. The van der Waals surface area contributed by atoms with Crippen molar-refractivity contribution in [3.8, 4) is 5.75 Å². The van der Waals surface area contributed by atoms with Crippen LogP contribution in [0.2, 0.25) is 0 Å². The standard InChI is InChI=1S/C10H12BrF2NO2.ClH/c11-7-1-2-9(16-10(12)13)6(3-7)4-8(14)5-15;/h1-3,8,10,15H,4-5,14H2;1H. The molecule has 1 aromatic carbocycles. The van der Waals surface area contributed by atoms with Crippen molar-refractivity contribution in [3.63, 3.8) is 0 Å². The van der Waals surface area contributed by atoms with E-state index in [1.165, 1.54) is 6.07 Å². The molecule has 1 unspecified atom stereocenters. The number of hydrogen-bond acceptors (Lipinski definition) is 3. The summed E-state index contributed by atoms with van der Waals surface area (Å²) in [6.45, 7) is -3.08. The quantitative estimate of drug-likeness (QED) is 0.870. The highest BCUT2D eigenvalue weighted by Crippen LogP contribution is 2.25. The number of alkyl halides is 2.